The van der Waals surface area contributed by atoms with Crippen molar-refractivity contribution in [2.24, 2.45) is 93.8 Å². The van der Waals surface area contributed by atoms with Gasteiger partial charge < -0.3 is 79.8 Å². The van der Waals surface area contributed by atoms with E-state index in [1.807, 2.05) is 0 Å². The molecule has 8 heterocycles. The van der Waals surface area contributed by atoms with Gasteiger partial charge in [-0.3, -0.25) is 38.8 Å². The second-order valence-corrected chi connectivity index (χ2v) is 28.9. The molecule has 8 N–H and O–H groups in total. The summed E-state index contributed by atoms with van der Waals surface area (Å²) in [6.45, 7) is -42.4. The van der Waals surface area contributed by atoms with E-state index < -0.39 is 341 Å². The van der Waals surface area contributed by atoms with E-state index in [0.717, 1.165) is 27.7 Å². The zero-order chi connectivity index (χ0) is 146. The Kier molecular flexibility index (Phi) is 14.6. The highest BCUT2D eigenvalue weighted by Gasteiger charge is 2.47. The molecule has 12 rings (SSSR count). The van der Waals surface area contributed by atoms with Crippen LogP contribution < -0.4 is 60.8 Å². The van der Waals surface area contributed by atoms with Gasteiger partial charge in [0, 0.05) is 197 Å². The van der Waals surface area contributed by atoms with Crippen LogP contribution in [0, 0.1) is 70.8 Å². The van der Waals surface area contributed by atoms with Gasteiger partial charge in [-0.2, -0.15) is 0 Å². The Morgan fingerprint density at radius 2 is 0.592 bits per heavy atom. The highest BCUT2D eigenvalue weighted by atomic mass is 16.6. The number of carbonyl (C=O) groups is 4. The number of rotatable bonds is 28. The quantitative estimate of drug-likeness (QED) is 0.0303. The maximum atomic E-state index is 13.6. The van der Waals surface area contributed by atoms with Crippen molar-refractivity contribution in [1.82, 2.24) is 19.6 Å². The van der Waals surface area contributed by atoms with E-state index in [2.05, 4.69) is 0 Å². The molecule has 0 aromatic heterocycles. The van der Waals surface area contributed by atoms with E-state index in [0.29, 0.717) is 45.7 Å². The van der Waals surface area contributed by atoms with Crippen LogP contribution in [-0.2, 0) is 63.8 Å². The number of benzene rings is 4. The Hall–Kier alpha value is -7.16. The van der Waals surface area contributed by atoms with Gasteiger partial charge in [-0.25, -0.2) is 0 Å². The van der Waals surface area contributed by atoms with Crippen LogP contribution in [0.2, 0.25) is 0 Å². The SMILES string of the molecule is [2H]C([2H])([2H])Oc1cc2c(cc1OC)C1([2H])CC(OC(=O)[C@@]([2H])(N)C([2H])(C([2H])([2H])[2H])C([2H])([2H])[2H])C(C([2H])([2H])C([2H])(C)C([2H])([2H])[2H])CN1CC2.[2H]C([2H])([2H])Oc1cc2c(cc1OC)C1([2H])CC(OC(=O)[C@@]([2H])(N)C([2H])(C([2H])([2H])[2H])C([2H])([2H])[2H])C(C([2H])([2H])C([2H])(C)C([2H])([2H])[2H])CN1CC2.[2H]C1(OC(=O)[C@@]([2H])(N)C([2H])(C([2H])([2H])[2H])C([2H])([2H])[2H])CC2([2H])c3cc(OC)c(OC)cc3CCN2CC1C([2H])([2H])C([2H])(C)C([2H])([2H])[2H].[2H]C12CC(OC(=O)[C@@]([2H])(N)C([2H])(C([2H])([2H])[2H])C([2H])([2H])[2H])C(C([2H])([2H])C([2H])(C)C([2H])([2H])[2H])CN1CCc1cc(OC)c(OC)cc12. The normalized spacial score (nSPS) is 41.5. The smallest absolute Gasteiger partial charge is 0.323 e. The Morgan fingerprint density at radius 1 is 0.358 bits per heavy atom. The van der Waals surface area contributed by atoms with Gasteiger partial charge >= 0.3 is 23.9 Å². The number of ether oxygens (including phenoxy) is 12. The molecule has 8 aliphatic heterocycles. The predicted octanol–water partition coefficient (Wildman–Crippen LogP) is 14.3. The molecule has 120 heavy (non-hydrogen) atoms. The third kappa shape index (κ3) is 23.8. The van der Waals surface area contributed by atoms with Crippen LogP contribution in [0.1, 0.15) is 322 Å². The van der Waals surface area contributed by atoms with E-state index in [4.69, 9.17) is 165 Å². The summed E-state index contributed by atoms with van der Waals surface area (Å²) in [5.41, 5.74) is 25.7. The fourth-order valence-electron chi connectivity index (χ4n) is 15.4. The van der Waals surface area contributed by atoms with Gasteiger partial charge in [0.05, 0.1) is 77.3 Å². The molecule has 4 saturated heterocycles. The number of nitrogens with two attached hydrogens (primary N) is 4. The van der Waals surface area contributed by atoms with Crippen LogP contribution >= 0.6 is 0 Å². The van der Waals surface area contributed by atoms with Crippen LogP contribution in [0.3, 0.4) is 0 Å². The van der Waals surface area contributed by atoms with Crippen molar-refractivity contribution in [2.75, 3.05) is 109 Å². The third-order valence-electron chi connectivity index (χ3n) is 21.1. The molecule has 0 saturated carbocycles. The van der Waals surface area contributed by atoms with Gasteiger partial charge in [0.2, 0.25) is 0 Å². The van der Waals surface area contributed by atoms with E-state index in [1.54, 1.807) is 12.1 Å². The largest absolute Gasteiger partial charge is 0.493 e. The number of esters is 4. The monoisotopic (exact) mass is 1740 g/mol. The molecule has 24 heteroatoms. The van der Waals surface area contributed by atoms with Crippen molar-refractivity contribution in [3.05, 3.63) is 93.0 Å². The summed E-state index contributed by atoms with van der Waals surface area (Å²) in [5.74, 6) is -42.4. The van der Waals surface area contributed by atoms with Gasteiger partial charge in [-0.15, -0.1) is 0 Å². The average Bonchev–Trinajstić information content (AvgIpc) is 0.688. The van der Waals surface area contributed by atoms with Gasteiger partial charge in [0.15, 0.2) is 46.0 Å². The fourth-order valence-corrected chi connectivity index (χ4v) is 15.4. The Labute approximate surface area is 812 Å². The Bertz CT molecular complexity index is 6770. The Morgan fingerprint density at radius 3 is 0.842 bits per heavy atom. The standard InChI is InChI=1S/4C24H38N2O4/c4*1-14(2)9-17-13-26-8-7-16-10-21(28-5)22(29-6)11-18(16)19(26)12-20(17)30-24(27)23(25)15(3)4/h4*10-11,14-15,17,19-20,23H,7-9,12-13,25H2,1-6H3/t4*17?,19?,20?,23-/m0000/s1/i1D3,3D3,4D3,9D2,14D,15D,19D,20D,23D;2*1D3,3D3,4D3,5D3,9D2,14D,15D,19D,23D;1D3,3D3,4D3,9D2,14D,15D,19D,23D/t4*14?,17?,19?,20?,23-. The highest BCUT2D eigenvalue weighted by Crippen LogP contribution is 2.50. The lowest BCUT2D eigenvalue weighted by atomic mass is 9.79. The molecule has 0 radical (unpaired) electrons. The minimum Gasteiger partial charge on any atom is -0.493 e. The Balaban J connectivity index is 0.000000271. The number of piperidine rings is 4. The molecule has 672 valence electrons. The number of hydrogen-bond donors (Lipinski definition) is 4. The highest BCUT2D eigenvalue weighted by molar-refractivity contribution is 5.77. The van der Waals surface area contributed by atoms with E-state index >= 15 is 0 Å². The number of fused-ring (bicyclic) bond motifs is 12. The molecule has 4 aromatic rings. The van der Waals surface area contributed by atoms with Crippen LogP contribution in [0.25, 0.3) is 0 Å². The van der Waals surface area contributed by atoms with Crippen LogP contribution in [0.4, 0.5) is 0 Å². The van der Waals surface area contributed by atoms with Crippen molar-refractivity contribution >= 4 is 23.9 Å². The van der Waals surface area contributed by atoms with Crippen LogP contribution in [0.15, 0.2) is 48.5 Å². The summed E-state index contributed by atoms with van der Waals surface area (Å²) in [6.07, 6.45) is -23.1. The first kappa shape index (κ1) is 40.0. The molecule has 16 unspecified atom stereocenters. The summed E-state index contributed by atoms with van der Waals surface area (Å²) < 4.78 is 607. The number of nitrogens with zero attached hydrogens (tertiary/aromatic N) is 4. The topological polar surface area (TPSA) is 296 Å². The first-order valence-electron chi connectivity index (χ1n) is 71.2. The molecule has 4 fully saturated rings. The first-order valence-corrected chi connectivity index (χ1v) is 37.7. The lowest BCUT2D eigenvalue weighted by Gasteiger charge is -2.47. The average molecular weight is 1740 g/mol. The van der Waals surface area contributed by atoms with Gasteiger partial charge in [0.25, 0.3) is 0 Å². The summed E-state index contributed by atoms with van der Waals surface area (Å²) in [7, 11) is 2.22. The summed E-state index contributed by atoms with van der Waals surface area (Å²) in [5, 5.41) is 0. The lowest BCUT2D eigenvalue weighted by Crippen LogP contribution is -2.51. The molecule has 20 atom stereocenters. The van der Waals surface area contributed by atoms with Gasteiger partial charge in [-0.1, -0.05) is 110 Å². The zero-order valence-electron chi connectivity index (χ0n) is 135. The second kappa shape index (κ2) is 43.9. The van der Waals surface area contributed by atoms with Gasteiger partial charge in [-0.05, 0) is 191 Å². The first-order chi connectivity index (χ1) is 82.9. The predicted molar refractivity (Wildman–Crippen MR) is 471 cm³/mol. The molecule has 0 amide bonds. The van der Waals surface area contributed by atoms with E-state index in [9.17, 15) is 26.0 Å². The number of methoxy groups -OCH3 is 8. The van der Waals surface area contributed by atoms with Crippen molar-refractivity contribution in [1.29, 1.82) is 0 Å². The molecule has 24 nitrogen and oxygen atoms in total. The molecular weight excluding hydrogens is 1520 g/mol. The summed E-state index contributed by atoms with van der Waals surface area (Å²) >= 11 is 0. The van der Waals surface area contributed by atoms with E-state index in [-0.39, 0.29) is 96.6 Å². The lowest BCUT2D eigenvalue weighted by molar-refractivity contribution is -0.161. The molecule has 8 aliphatic rings. The zero-order valence-corrected chi connectivity index (χ0v) is 68.1. The van der Waals surface area contributed by atoms with Crippen molar-refractivity contribution in [3.63, 3.8) is 0 Å². The van der Waals surface area contributed by atoms with Crippen molar-refractivity contribution in [2.45, 2.75) is 259 Å². The summed E-state index contributed by atoms with van der Waals surface area (Å²) in [4.78, 5) is 60.1. The van der Waals surface area contributed by atoms with Crippen molar-refractivity contribution < 1.29 is 168 Å². The minimum absolute atomic E-state index is 0.0129. The maximum absolute atomic E-state index is 13.6. The number of hydrogen-bond acceptors (Lipinski definition) is 24. The minimum atomic E-state index is -4.02. The van der Waals surface area contributed by atoms with Crippen LogP contribution in [0.5, 0.6) is 46.0 Å². The summed E-state index contributed by atoms with van der Waals surface area (Å²) in [6, 6.07) is -11.6. The molecule has 0 spiro atoms. The fraction of sp³-hybridized carbons (Fsp3) is 0.708. The number of carbonyl (C=O) groups excluding carboxylic acids is 4. The second-order valence-electron chi connectivity index (χ2n) is 28.9. The molecular formula is C96H152N8O16. The molecule has 0 bridgehead atoms. The maximum Gasteiger partial charge on any atom is 0.323 e. The van der Waals surface area contributed by atoms with Crippen molar-refractivity contribution in [3.8, 4) is 46.0 Å². The third-order valence-corrected chi connectivity index (χ3v) is 21.1. The van der Waals surface area contributed by atoms with E-state index in [1.165, 1.54) is 98.7 Å². The molecule has 0 aliphatic carbocycles. The molecule has 4 aromatic carbocycles. The van der Waals surface area contributed by atoms with Crippen LogP contribution in [-0.4, -0.2) is 201 Å². The van der Waals surface area contributed by atoms with Gasteiger partial charge in [0.1, 0.15) is 48.5 Å².